The monoisotopic (exact) mass is 292 g/mol. The lowest BCUT2D eigenvalue weighted by atomic mass is 10.2. The van der Waals surface area contributed by atoms with Crippen molar-refractivity contribution in [3.05, 3.63) is 18.2 Å². The van der Waals surface area contributed by atoms with Crippen molar-refractivity contribution >= 4 is 22.3 Å². The van der Waals surface area contributed by atoms with Gasteiger partial charge in [-0.2, -0.15) is 13.1 Å². The molecular weight excluding hydrogens is 280 g/mol. The zero-order chi connectivity index (χ0) is 14.5. The predicted octanol–water partition coefficient (Wildman–Crippen LogP) is -1.40. The molecule has 0 spiro atoms. The van der Waals surface area contributed by atoms with Crippen LogP contribution in [0.25, 0.3) is 0 Å². The number of hydrogen-bond donors (Lipinski definition) is 4. The van der Waals surface area contributed by atoms with Crippen molar-refractivity contribution in [3.8, 4) is 0 Å². The third-order valence-corrected chi connectivity index (χ3v) is 3.01. The number of ether oxygens (including phenoxy) is 1. The maximum absolute atomic E-state index is 11.4. The first-order chi connectivity index (χ1) is 8.84. The van der Waals surface area contributed by atoms with Gasteiger partial charge in [0.2, 0.25) is 0 Å². The Balaban J connectivity index is 2.73. The first-order valence-electron chi connectivity index (χ1n) is 4.92. The van der Waals surface area contributed by atoms with E-state index in [0.29, 0.717) is 5.69 Å². The molecule has 1 rings (SSSR count). The number of amides is 1. The molecule has 1 aromatic heterocycles. The van der Waals surface area contributed by atoms with E-state index in [1.54, 1.807) is 0 Å². The second-order valence-electron chi connectivity index (χ2n) is 3.39. The molecule has 0 aliphatic rings. The van der Waals surface area contributed by atoms with Gasteiger partial charge in [-0.25, -0.2) is 14.5 Å². The van der Waals surface area contributed by atoms with Gasteiger partial charge in [0.25, 0.3) is 0 Å². The second kappa shape index (κ2) is 6.15. The van der Waals surface area contributed by atoms with Gasteiger partial charge in [-0.3, -0.25) is 4.79 Å². The Hall–Kier alpha value is -2.14. The van der Waals surface area contributed by atoms with E-state index in [-0.39, 0.29) is 6.42 Å². The highest BCUT2D eigenvalue weighted by atomic mass is 32.2. The minimum atomic E-state index is -4.33. The fraction of sp³-hybridized carbons (Fsp3) is 0.375. The molecule has 1 heterocycles. The summed E-state index contributed by atoms with van der Waals surface area (Å²) in [7, 11) is -3.35. The molecule has 0 radical (unpaired) electrons. The van der Waals surface area contributed by atoms with E-state index < -0.39 is 28.3 Å². The molecule has 4 N–H and O–H groups in total. The Kier molecular flexibility index (Phi) is 4.83. The highest BCUT2D eigenvalue weighted by Gasteiger charge is 2.26. The van der Waals surface area contributed by atoms with Crippen molar-refractivity contribution in [1.82, 2.24) is 19.4 Å². The molecule has 1 atom stereocenters. The topological polar surface area (TPSA) is 150 Å². The van der Waals surface area contributed by atoms with Crippen molar-refractivity contribution in [2.45, 2.75) is 12.5 Å². The third-order valence-electron chi connectivity index (χ3n) is 1.98. The number of carboxylic acids is 1. The van der Waals surface area contributed by atoms with Crippen molar-refractivity contribution in [1.29, 1.82) is 0 Å². The maximum Gasteiger partial charge on any atom is 0.421 e. The Morgan fingerprint density at radius 1 is 1.58 bits per heavy atom. The lowest BCUT2D eigenvalue weighted by molar-refractivity contribution is -0.138. The number of nitrogens with zero attached hydrogens (tertiary/aromatic N) is 1. The number of aromatic nitrogens is 2. The van der Waals surface area contributed by atoms with Crippen LogP contribution < -0.4 is 9.44 Å². The lowest BCUT2D eigenvalue weighted by Crippen LogP contribution is -2.49. The smallest absolute Gasteiger partial charge is 0.421 e. The van der Waals surface area contributed by atoms with Gasteiger partial charge in [0.05, 0.1) is 13.4 Å². The molecule has 0 unspecified atom stereocenters. The second-order valence-corrected chi connectivity index (χ2v) is 4.83. The van der Waals surface area contributed by atoms with E-state index >= 15 is 0 Å². The molecule has 0 aliphatic carbocycles. The fourth-order valence-electron chi connectivity index (χ4n) is 1.16. The molecule has 10 nitrogen and oxygen atoms in total. The van der Waals surface area contributed by atoms with E-state index in [1.165, 1.54) is 17.2 Å². The Bertz CT molecular complexity index is 540. The Morgan fingerprint density at radius 2 is 2.26 bits per heavy atom. The normalized spacial score (nSPS) is 12.7. The van der Waals surface area contributed by atoms with Crippen LogP contribution >= 0.6 is 0 Å². The molecule has 0 aromatic carbocycles. The van der Waals surface area contributed by atoms with Gasteiger partial charge in [-0.1, -0.05) is 0 Å². The number of H-pyrrole nitrogens is 1. The van der Waals surface area contributed by atoms with Gasteiger partial charge in [0.15, 0.2) is 0 Å². The molecule has 0 saturated carbocycles. The Morgan fingerprint density at radius 3 is 2.74 bits per heavy atom. The van der Waals surface area contributed by atoms with Crippen LogP contribution in [0.2, 0.25) is 0 Å². The highest BCUT2D eigenvalue weighted by molar-refractivity contribution is 7.88. The summed E-state index contributed by atoms with van der Waals surface area (Å²) in [5.41, 5.74) is 0.424. The van der Waals surface area contributed by atoms with Crippen LogP contribution in [-0.4, -0.2) is 48.7 Å². The van der Waals surface area contributed by atoms with Crippen LogP contribution in [0.3, 0.4) is 0 Å². The largest absolute Gasteiger partial charge is 0.480 e. The summed E-state index contributed by atoms with van der Waals surface area (Å²) in [6.45, 7) is 0. The van der Waals surface area contributed by atoms with Gasteiger partial charge in [-0.05, 0) is 0 Å². The summed E-state index contributed by atoms with van der Waals surface area (Å²) < 4.78 is 30.3. The van der Waals surface area contributed by atoms with Crippen molar-refractivity contribution in [2.75, 3.05) is 7.11 Å². The molecule has 0 aliphatic heterocycles. The van der Waals surface area contributed by atoms with E-state index in [2.05, 4.69) is 14.7 Å². The first kappa shape index (κ1) is 14.9. The third kappa shape index (κ3) is 4.93. The average Bonchev–Trinajstić information content (AvgIpc) is 2.79. The number of carbonyl (C=O) groups excluding carboxylic acids is 1. The molecule has 0 fully saturated rings. The van der Waals surface area contributed by atoms with Crippen molar-refractivity contribution < 1.29 is 27.9 Å². The molecule has 0 bridgehead atoms. The standard InChI is InChI=1S/C8H12N4O6S/c1-18-8(15)12-19(16,17)11-6(7(13)14)2-5-3-9-4-10-5/h3-4,6,11H,2H2,1H3,(H,9,10)(H,12,15)(H,13,14)/t6-/m1/s1. The molecule has 106 valence electrons. The zero-order valence-corrected chi connectivity index (χ0v) is 10.6. The maximum atomic E-state index is 11.4. The van der Waals surface area contributed by atoms with Crippen LogP contribution in [0.4, 0.5) is 4.79 Å². The minimum Gasteiger partial charge on any atom is -0.480 e. The number of carboxylic acid groups (broad SMARTS) is 1. The van der Waals surface area contributed by atoms with Gasteiger partial charge >= 0.3 is 22.3 Å². The van der Waals surface area contributed by atoms with Gasteiger partial charge in [-0.15, -0.1) is 0 Å². The van der Waals surface area contributed by atoms with Crippen LogP contribution in [0.15, 0.2) is 12.5 Å². The summed E-state index contributed by atoms with van der Waals surface area (Å²) in [5, 5.41) is 8.92. The van der Waals surface area contributed by atoms with Crippen LogP contribution in [0, 0.1) is 0 Å². The molecule has 19 heavy (non-hydrogen) atoms. The van der Waals surface area contributed by atoms with Crippen LogP contribution in [-0.2, 0) is 26.2 Å². The van der Waals surface area contributed by atoms with Crippen LogP contribution in [0.1, 0.15) is 5.69 Å². The molecule has 11 heteroatoms. The number of methoxy groups -OCH3 is 1. The number of hydrogen-bond acceptors (Lipinski definition) is 6. The lowest BCUT2D eigenvalue weighted by Gasteiger charge is -2.13. The predicted molar refractivity (Wildman–Crippen MR) is 61.3 cm³/mol. The quantitative estimate of drug-likeness (QED) is 0.503. The SMILES string of the molecule is COC(=O)NS(=O)(=O)N[C@H](Cc1cnc[nH]1)C(=O)O. The average molecular weight is 292 g/mol. The Labute approximate surface area is 108 Å². The van der Waals surface area contributed by atoms with Crippen LogP contribution in [0.5, 0.6) is 0 Å². The number of nitrogens with one attached hydrogen (secondary N) is 3. The number of imidazole rings is 1. The first-order valence-corrected chi connectivity index (χ1v) is 6.40. The molecule has 1 aromatic rings. The fourth-order valence-corrected chi connectivity index (χ4v) is 2.08. The number of aromatic amines is 1. The summed E-state index contributed by atoms with van der Waals surface area (Å²) >= 11 is 0. The van der Waals surface area contributed by atoms with Gasteiger partial charge in [0, 0.05) is 18.3 Å². The number of carbonyl (C=O) groups is 2. The minimum absolute atomic E-state index is 0.155. The van der Waals surface area contributed by atoms with Crippen molar-refractivity contribution in [2.24, 2.45) is 0 Å². The van der Waals surface area contributed by atoms with E-state index in [4.69, 9.17) is 5.11 Å². The summed E-state index contributed by atoms with van der Waals surface area (Å²) in [6, 6.07) is -1.46. The molecule has 0 saturated heterocycles. The van der Waals surface area contributed by atoms with E-state index in [1.807, 2.05) is 4.72 Å². The highest BCUT2D eigenvalue weighted by Crippen LogP contribution is 2.00. The number of rotatable bonds is 6. The van der Waals surface area contributed by atoms with E-state index in [9.17, 15) is 18.0 Å². The van der Waals surface area contributed by atoms with E-state index in [0.717, 1.165) is 7.11 Å². The summed E-state index contributed by atoms with van der Waals surface area (Å²) in [4.78, 5) is 28.0. The van der Waals surface area contributed by atoms with Gasteiger partial charge < -0.3 is 14.8 Å². The van der Waals surface area contributed by atoms with Crippen molar-refractivity contribution in [3.63, 3.8) is 0 Å². The summed E-state index contributed by atoms with van der Waals surface area (Å²) in [5.74, 6) is -1.40. The molecule has 1 amide bonds. The zero-order valence-electron chi connectivity index (χ0n) is 9.78. The number of aliphatic carboxylic acids is 1. The molecular formula is C8H12N4O6S. The van der Waals surface area contributed by atoms with Gasteiger partial charge in [0.1, 0.15) is 6.04 Å². The summed E-state index contributed by atoms with van der Waals surface area (Å²) in [6.07, 6.45) is 1.31.